The molecule has 1 aromatic heterocycles. The topological polar surface area (TPSA) is 63.4 Å². The van der Waals surface area contributed by atoms with Crippen LogP contribution in [0.3, 0.4) is 0 Å². The lowest BCUT2D eigenvalue weighted by Gasteiger charge is -2.20. The number of carbonyl (C=O) groups is 1. The molecule has 0 atom stereocenters. The Balaban J connectivity index is 3.56. The van der Waals surface area contributed by atoms with Crippen molar-refractivity contribution in [2.45, 2.75) is 26.2 Å². The SMILES string of the molecule is CN(C)c1nc(C(C)(C)C)c(C=O)c(=O)o1. The smallest absolute Gasteiger partial charge is 0.351 e. The van der Waals surface area contributed by atoms with Crippen LogP contribution in [0.4, 0.5) is 6.01 Å². The molecule has 0 saturated heterocycles. The van der Waals surface area contributed by atoms with Gasteiger partial charge in [0.1, 0.15) is 5.56 Å². The van der Waals surface area contributed by atoms with Crippen LogP contribution in [0.25, 0.3) is 0 Å². The summed E-state index contributed by atoms with van der Waals surface area (Å²) in [6.45, 7) is 5.67. The second-order valence-electron chi connectivity index (χ2n) is 4.81. The first-order chi connectivity index (χ1) is 7.27. The molecule has 5 heteroatoms. The average Bonchev–Trinajstić information content (AvgIpc) is 2.14. The van der Waals surface area contributed by atoms with E-state index in [0.717, 1.165) is 0 Å². The Morgan fingerprint density at radius 1 is 1.31 bits per heavy atom. The van der Waals surface area contributed by atoms with E-state index in [4.69, 9.17) is 4.42 Å². The molecule has 0 fully saturated rings. The normalized spacial score (nSPS) is 11.3. The molecule has 0 aliphatic rings. The molecule has 0 aromatic carbocycles. The molecule has 0 saturated carbocycles. The monoisotopic (exact) mass is 224 g/mol. The largest absolute Gasteiger partial charge is 0.388 e. The maximum atomic E-state index is 11.6. The summed E-state index contributed by atoms with van der Waals surface area (Å²) in [5.74, 6) is 0. The quantitative estimate of drug-likeness (QED) is 0.706. The van der Waals surface area contributed by atoms with E-state index in [-0.39, 0.29) is 17.0 Å². The van der Waals surface area contributed by atoms with Crippen LogP contribution >= 0.6 is 0 Å². The summed E-state index contributed by atoms with van der Waals surface area (Å²) in [6, 6.07) is 0.209. The minimum Gasteiger partial charge on any atom is -0.388 e. The average molecular weight is 224 g/mol. The fourth-order valence-corrected chi connectivity index (χ4v) is 1.28. The zero-order chi connectivity index (χ0) is 12.5. The first kappa shape index (κ1) is 12.4. The van der Waals surface area contributed by atoms with E-state index in [0.29, 0.717) is 12.0 Å². The van der Waals surface area contributed by atoms with Crippen molar-refractivity contribution >= 4 is 12.3 Å². The molecule has 0 aliphatic carbocycles. The van der Waals surface area contributed by atoms with Gasteiger partial charge >= 0.3 is 5.63 Å². The van der Waals surface area contributed by atoms with Crippen LogP contribution in [-0.4, -0.2) is 25.4 Å². The molecule has 0 N–H and O–H groups in total. The summed E-state index contributed by atoms with van der Waals surface area (Å²) in [6.07, 6.45) is 0.499. The molecular weight excluding hydrogens is 208 g/mol. The third-order valence-electron chi connectivity index (χ3n) is 2.08. The number of aromatic nitrogens is 1. The highest BCUT2D eigenvalue weighted by atomic mass is 16.4. The lowest BCUT2D eigenvalue weighted by molar-refractivity contribution is 0.111. The predicted octanol–water partition coefficient (Wildman–Crippen LogP) is 1.21. The molecule has 1 aromatic rings. The van der Waals surface area contributed by atoms with Crippen molar-refractivity contribution in [1.82, 2.24) is 4.98 Å². The fraction of sp³-hybridized carbons (Fsp3) is 0.545. The van der Waals surface area contributed by atoms with Gasteiger partial charge in [0.25, 0.3) is 6.01 Å². The van der Waals surface area contributed by atoms with Gasteiger partial charge in [-0.1, -0.05) is 20.8 Å². The van der Waals surface area contributed by atoms with Gasteiger partial charge in [0.15, 0.2) is 6.29 Å². The third-order valence-corrected chi connectivity index (χ3v) is 2.08. The third kappa shape index (κ3) is 2.29. The van der Waals surface area contributed by atoms with Gasteiger partial charge in [0, 0.05) is 19.5 Å². The number of rotatable bonds is 2. The molecule has 0 bridgehead atoms. The molecule has 0 spiro atoms. The molecule has 1 rings (SSSR count). The molecule has 1 heterocycles. The van der Waals surface area contributed by atoms with Crippen LogP contribution in [0.1, 0.15) is 36.8 Å². The molecule has 0 amide bonds. The fourth-order valence-electron chi connectivity index (χ4n) is 1.28. The second kappa shape index (κ2) is 4.08. The van der Waals surface area contributed by atoms with Crippen molar-refractivity contribution < 1.29 is 9.21 Å². The van der Waals surface area contributed by atoms with E-state index in [1.165, 1.54) is 0 Å². The van der Waals surface area contributed by atoms with Gasteiger partial charge in [-0.2, -0.15) is 0 Å². The van der Waals surface area contributed by atoms with Crippen LogP contribution < -0.4 is 10.5 Å². The van der Waals surface area contributed by atoms with E-state index in [2.05, 4.69) is 4.98 Å². The highest BCUT2D eigenvalue weighted by Gasteiger charge is 2.24. The van der Waals surface area contributed by atoms with Crippen LogP contribution in [0.2, 0.25) is 0 Å². The Labute approximate surface area is 94.1 Å². The Morgan fingerprint density at radius 2 is 1.88 bits per heavy atom. The van der Waals surface area contributed by atoms with Crippen LogP contribution in [-0.2, 0) is 5.41 Å². The van der Waals surface area contributed by atoms with Gasteiger partial charge in [-0.25, -0.2) is 9.78 Å². The van der Waals surface area contributed by atoms with Crippen molar-refractivity contribution in [3.63, 3.8) is 0 Å². The van der Waals surface area contributed by atoms with E-state index in [9.17, 15) is 9.59 Å². The standard InChI is InChI=1S/C11H16N2O3/c1-11(2,3)8-7(6-14)9(15)16-10(12-8)13(4)5/h6H,1-5H3. The van der Waals surface area contributed by atoms with Crippen LogP contribution in [0.5, 0.6) is 0 Å². The molecule has 0 unspecified atom stereocenters. The van der Waals surface area contributed by atoms with Crippen molar-refractivity contribution in [1.29, 1.82) is 0 Å². The van der Waals surface area contributed by atoms with Gasteiger partial charge in [0.05, 0.1) is 5.69 Å². The van der Waals surface area contributed by atoms with Crippen molar-refractivity contribution in [2.75, 3.05) is 19.0 Å². The number of nitrogens with zero attached hydrogens (tertiary/aromatic N) is 2. The van der Waals surface area contributed by atoms with Gasteiger partial charge in [0.2, 0.25) is 0 Å². The highest BCUT2D eigenvalue weighted by molar-refractivity contribution is 5.76. The maximum Gasteiger partial charge on any atom is 0.351 e. The van der Waals surface area contributed by atoms with Crippen molar-refractivity contribution in [3.05, 3.63) is 21.7 Å². The molecule has 5 nitrogen and oxygen atoms in total. The summed E-state index contributed by atoms with van der Waals surface area (Å²) >= 11 is 0. The first-order valence-corrected chi connectivity index (χ1v) is 4.95. The second-order valence-corrected chi connectivity index (χ2v) is 4.81. The van der Waals surface area contributed by atoms with Crippen LogP contribution in [0, 0.1) is 0 Å². The number of hydrogen-bond donors (Lipinski definition) is 0. The maximum absolute atomic E-state index is 11.6. The van der Waals surface area contributed by atoms with Gasteiger partial charge in [-0.3, -0.25) is 4.79 Å². The molecule has 88 valence electrons. The zero-order valence-corrected chi connectivity index (χ0v) is 10.2. The predicted molar refractivity (Wildman–Crippen MR) is 61.2 cm³/mol. The number of aldehydes is 1. The minimum atomic E-state index is -0.640. The van der Waals surface area contributed by atoms with Crippen molar-refractivity contribution in [2.24, 2.45) is 0 Å². The van der Waals surface area contributed by atoms with E-state index in [1.54, 1.807) is 19.0 Å². The lowest BCUT2D eigenvalue weighted by atomic mass is 9.89. The number of carbonyl (C=O) groups excluding carboxylic acids is 1. The minimum absolute atomic E-state index is 0.00176. The Kier molecular flexibility index (Phi) is 3.16. The van der Waals surface area contributed by atoms with Gasteiger partial charge in [-0.15, -0.1) is 0 Å². The summed E-state index contributed by atoms with van der Waals surface area (Å²) in [5.41, 5.74) is -0.559. The zero-order valence-electron chi connectivity index (χ0n) is 10.2. The van der Waals surface area contributed by atoms with Crippen molar-refractivity contribution in [3.8, 4) is 0 Å². The van der Waals surface area contributed by atoms with E-state index < -0.39 is 5.63 Å². The molecular formula is C11H16N2O3. The molecule has 0 aliphatic heterocycles. The Hall–Kier alpha value is -1.65. The summed E-state index contributed by atoms with van der Waals surface area (Å²) in [7, 11) is 3.44. The first-order valence-electron chi connectivity index (χ1n) is 4.95. The summed E-state index contributed by atoms with van der Waals surface area (Å²) in [4.78, 5) is 28.2. The summed E-state index contributed by atoms with van der Waals surface area (Å²) < 4.78 is 4.92. The highest BCUT2D eigenvalue weighted by Crippen LogP contribution is 2.23. The number of hydrogen-bond acceptors (Lipinski definition) is 5. The molecule has 16 heavy (non-hydrogen) atoms. The number of anilines is 1. The summed E-state index contributed by atoms with van der Waals surface area (Å²) in [5, 5.41) is 0. The van der Waals surface area contributed by atoms with Crippen LogP contribution in [0.15, 0.2) is 9.21 Å². The van der Waals surface area contributed by atoms with Gasteiger partial charge < -0.3 is 9.32 Å². The molecule has 0 radical (unpaired) electrons. The van der Waals surface area contributed by atoms with E-state index >= 15 is 0 Å². The van der Waals surface area contributed by atoms with E-state index in [1.807, 2.05) is 20.8 Å². The Morgan fingerprint density at radius 3 is 2.25 bits per heavy atom. The van der Waals surface area contributed by atoms with Gasteiger partial charge in [-0.05, 0) is 0 Å². The Bertz CT molecular complexity index is 455. The lowest BCUT2D eigenvalue weighted by Crippen LogP contribution is -2.25.